The lowest BCUT2D eigenvalue weighted by molar-refractivity contribution is -0.132. The molecule has 2 rings (SSSR count). The molecule has 0 heterocycles. The lowest BCUT2D eigenvalue weighted by Gasteiger charge is -2.17. The van der Waals surface area contributed by atoms with Crippen molar-refractivity contribution in [1.82, 2.24) is 10.2 Å². The van der Waals surface area contributed by atoms with E-state index in [0.717, 1.165) is 31.6 Å². The molecular weight excluding hydrogens is 264 g/mol. The quantitative estimate of drug-likeness (QED) is 0.800. The van der Waals surface area contributed by atoms with Crippen LogP contribution in [0.3, 0.4) is 0 Å². The summed E-state index contributed by atoms with van der Waals surface area (Å²) in [6, 6.07) is 8.75. The van der Waals surface area contributed by atoms with Crippen molar-refractivity contribution in [3.63, 3.8) is 0 Å². The summed E-state index contributed by atoms with van der Waals surface area (Å²) in [5, 5.41) is 3.45. The third-order valence-corrected chi connectivity index (χ3v) is 3.93. The van der Waals surface area contributed by atoms with Crippen LogP contribution in [0, 0.1) is 0 Å². The van der Waals surface area contributed by atoms with Crippen LogP contribution in [-0.2, 0) is 4.79 Å². The van der Waals surface area contributed by atoms with E-state index < -0.39 is 0 Å². The predicted molar refractivity (Wildman–Crippen MR) is 84.4 cm³/mol. The minimum atomic E-state index is 0.0551. The summed E-state index contributed by atoms with van der Waals surface area (Å²) in [6.07, 6.45) is 3.38. The topological polar surface area (TPSA) is 41.6 Å². The van der Waals surface area contributed by atoms with Gasteiger partial charge >= 0.3 is 0 Å². The van der Waals surface area contributed by atoms with Gasteiger partial charge in [0.15, 0.2) is 6.61 Å². The average Bonchev–Trinajstić information content (AvgIpc) is 3.34. The van der Waals surface area contributed by atoms with E-state index >= 15 is 0 Å². The van der Waals surface area contributed by atoms with Gasteiger partial charge < -0.3 is 15.0 Å². The number of nitrogens with zero attached hydrogens (tertiary/aromatic N) is 1. The van der Waals surface area contributed by atoms with E-state index in [4.69, 9.17) is 4.74 Å². The molecule has 0 bridgehead atoms. The number of likely N-dealkylation sites (N-methyl/N-ethyl adjacent to an activating group) is 1. The number of hydrogen-bond donors (Lipinski definition) is 1. The zero-order chi connectivity index (χ0) is 15.2. The van der Waals surface area contributed by atoms with Crippen LogP contribution < -0.4 is 10.1 Å². The van der Waals surface area contributed by atoms with Crippen LogP contribution in [0.25, 0.3) is 0 Å². The number of ether oxygens (including phenoxy) is 1. The molecule has 1 aromatic rings. The summed E-state index contributed by atoms with van der Waals surface area (Å²) in [5.41, 5.74) is 1.23. The number of hydrogen-bond acceptors (Lipinski definition) is 3. The van der Waals surface area contributed by atoms with Gasteiger partial charge in [0.05, 0.1) is 0 Å². The van der Waals surface area contributed by atoms with Crippen LogP contribution in [0.2, 0.25) is 0 Å². The second-order valence-electron chi connectivity index (χ2n) is 5.77. The van der Waals surface area contributed by atoms with Crippen LogP contribution in [0.5, 0.6) is 5.75 Å². The molecule has 4 heteroatoms. The van der Waals surface area contributed by atoms with Gasteiger partial charge in [-0.2, -0.15) is 0 Å². The zero-order valence-electron chi connectivity index (χ0n) is 13.3. The Morgan fingerprint density at radius 1 is 1.38 bits per heavy atom. The Morgan fingerprint density at radius 3 is 2.62 bits per heavy atom. The molecule has 1 fully saturated rings. The summed E-state index contributed by atoms with van der Waals surface area (Å²) in [4.78, 5) is 13.7. The third-order valence-electron chi connectivity index (χ3n) is 3.93. The molecule has 1 aliphatic rings. The first-order chi connectivity index (χ1) is 10.1. The van der Waals surface area contributed by atoms with Crippen LogP contribution in [0.15, 0.2) is 24.3 Å². The van der Waals surface area contributed by atoms with Crippen molar-refractivity contribution in [1.29, 1.82) is 0 Å². The first kappa shape index (κ1) is 15.8. The van der Waals surface area contributed by atoms with E-state index in [-0.39, 0.29) is 12.5 Å². The minimum absolute atomic E-state index is 0.0551. The second kappa shape index (κ2) is 7.46. The molecule has 0 radical (unpaired) electrons. The summed E-state index contributed by atoms with van der Waals surface area (Å²) < 4.78 is 5.57. The maximum Gasteiger partial charge on any atom is 0.260 e. The van der Waals surface area contributed by atoms with Gasteiger partial charge in [-0.1, -0.05) is 19.1 Å². The fraction of sp³-hybridized carbons (Fsp3) is 0.588. The molecule has 0 saturated heterocycles. The van der Waals surface area contributed by atoms with Gasteiger partial charge in [-0.25, -0.2) is 0 Å². The van der Waals surface area contributed by atoms with Crippen molar-refractivity contribution in [2.75, 3.05) is 20.2 Å². The highest BCUT2D eigenvalue weighted by Crippen LogP contribution is 2.25. The molecule has 1 unspecified atom stereocenters. The van der Waals surface area contributed by atoms with Gasteiger partial charge in [0, 0.05) is 19.1 Å². The van der Waals surface area contributed by atoms with Gasteiger partial charge in [-0.3, -0.25) is 4.79 Å². The van der Waals surface area contributed by atoms with Gasteiger partial charge in [-0.05, 0) is 50.4 Å². The van der Waals surface area contributed by atoms with E-state index in [2.05, 4.69) is 31.3 Å². The van der Waals surface area contributed by atoms with Crippen LogP contribution in [0.4, 0.5) is 0 Å². The van der Waals surface area contributed by atoms with Crippen molar-refractivity contribution in [3.05, 3.63) is 29.8 Å². The van der Waals surface area contributed by atoms with Crippen LogP contribution >= 0.6 is 0 Å². The molecule has 0 aromatic heterocycles. The van der Waals surface area contributed by atoms with Crippen LogP contribution in [0.1, 0.15) is 44.7 Å². The average molecular weight is 290 g/mol. The van der Waals surface area contributed by atoms with E-state index in [1.165, 1.54) is 5.56 Å². The number of carbonyl (C=O) groups is 1. The Kier molecular flexibility index (Phi) is 5.62. The molecule has 1 saturated carbocycles. The standard InChI is InChI=1S/C17H26N2O2/c1-4-11-18-13(2)14-5-9-16(10-6-14)21-12-17(20)19(3)15-7-8-15/h5-6,9-10,13,15,18H,4,7-8,11-12H2,1-3H3. The number of carbonyl (C=O) groups excluding carboxylic acids is 1. The Hall–Kier alpha value is -1.55. The number of rotatable bonds is 8. The summed E-state index contributed by atoms with van der Waals surface area (Å²) in [7, 11) is 1.85. The maximum atomic E-state index is 11.9. The van der Waals surface area contributed by atoms with Crippen molar-refractivity contribution in [2.45, 2.75) is 45.2 Å². The normalized spacial score (nSPS) is 15.6. The summed E-state index contributed by atoms with van der Waals surface area (Å²) in [5.74, 6) is 0.804. The summed E-state index contributed by atoms with van der Waals surface area (Å²) in [6.45, 7) is 5.45. The van der Waals surface area contributed by atoms with E-state index in [1.807, 2.05) is 19.2 Å². The molecule has 1 aliphatic carbocycles. The number of nitrogens with one attached hydrogen (secondary N) is 1. The zero-order valence-corrected chi connectivity index (χ0v) is 13.3. The number of amides is 1. The van der Waals surface area contributed by atoms with E-state index in [9.17, 15) is 4.79 Å². The Labute approximate surface area is 127 Å². The van der Waals surface area contributed by atoms with Crippen molar-refractivity contribution in [2.24, 2.45) is 0 Å². The largest absolute Gasteiger partial charge is 0.484 e. The maximum absolute atomic E-state index is 11.9. The van der Waals surface area contributed by atoms with Crippen molar-refractivity contribution in [3.8, 4) is 5.75 Å². The lowest BCUT2D eigenvalue weighted by Crippen LogP contribution is -2.33. The molecule has 0 aliphatic heterocycles. The SMILES string of the molecule is CCCNC(C)c1ccc(OCC(=O)N(C)C2CC2)cc1. The Bertz CT molecular complexity index is 454. The van der Waals surface area contributed by atoms with Gasteiger partial charge in [0.2, 0.25) is 0 Å². The smallest absolute Gasteiger partial charge is 0.260 e. The molecule has 1 atom stereocenters. The predicted octanol–water partition coefficient (Wildman–Crippen LogP) is 2.75. The second-order valence-corrected chi connectivity index (χ2v) is 5.77. The van der Waals surface area contributed by atoms with Crippen molar-refractivity contribution < 1.29 is 9.53 Å². The lowest BCUT2D eigenvalue weighted by atomic mass is 10.1. The van der Waals surface area contributed by atoms with Crippen molar-refractivity contribution >= 4 is 5.91 Å². The van der Waals surface area contributed by atoms with Gasteiger partial charge in [-0.15, -0.1) is 0 Å². The number of benzene rings is 1. The third kappa shape index (κ3) is 4.74. The molecule has 1 amide bonds. The minimum Gasteiger partial charge on any atom is -0.484 e. The van der Waals surface area contributed by atoms with E-state index in [1.54, 1.807) is 4.90 Å². The molecule has 116 valence electrons. The van der Waals surface area contributed by atoms with Gasteiger partial charge in [0.25, 0.3) is 5.91 Å². The highest BCUT2D eigenvalue weighted by Gasteiger charge is 2.29. The molecule has 4 nitrogen and oxygen atoms in total. The highest BCUT2D eigenvalue weighted by molar-refractivity contribution is 5.78. The Balaban J connectivity index is 1.80. The monoisotopic (exact) mass is 290 g/mol. The first-order valence-electron chi connectivity index (χ1n) is 7.83. The highest BCUT2D eigenvalue weighted by atomic mass is 16.5. The fourth-order valence-corrected chi connectivity index (χ4v) is 2.24. The molecule has 21 heavy (non-hydrogen) atoms. The van der Waals surface area contributed by atoms with E-state index in [0.29, 0.717) is 12.1 Å². The molecular formula is C17H26N2O2. The summed E-state index contributed by atoms with van der Waals surface area (Å²) >= 11 is 0. The molecule has 0 spiro atoms. The first-order valence-corrected chi connectivity index (χ1v) is 7.83. The van der Waals surface area contributed by atoms with Gasteiger partial charge in [0.1, 0.15) is 5.75 Å². The molecule has 1 aromatic carbocycles. The van der Waals surface area contributed by atoms with Crippen LogP contribution in [-0.4, -0.2) is 37.0 Å². The fourth-order valence-electron chi connectivity index (χ4n) is 2.24. The Morgan fingerprint density at radius 2 is 2.05 bits per heavy atom. The molecule has 1 N–H and O–H groups in total.